The van der Waals surface area contributed by atoms with Gasteiger partial charge in [-0.2, -0.15) is 0 Å². The van der Waals surface area contributed by atoms with E-state index in [2.05, 4.69) is 36.7 Å². The lowest BCUT2D eigenvalue weighted by molar-refractivity contribution is 0.0938. The van der Waals surface area contributed by atoms with E-state index in [1.54, 1.807) is 6.07 Å². The molecule has 0 unspecified atom stereocenters. The molecule has 1 aliphatic rings. The Bertz CT molecular complexity index is 475. The molecule has 0 bridgehead atoms. The monoisotopic (exact) mass is 312 g/mol. The Kier molecular flexibility index (Phi) is 3.66. The topological polar surface area (TPSA) is 35.5 Å². The first-order valence-electron chi connectivity index (χ1n) is 5.99. The molecule has 0 amide bonds. The van der Waals surface area contributed by atoms with Crippen molar-refractivity contribution < 1.29 is 14.3 Å². The maximum Gasteiger partial charge on any atom is 0.164 e. The molecule has 0 aromatic heterocycles. The van der Waals surface area contributed by atoms with Crippen molar-refractivity contribution in [1.29, 1.82) is 0 Å². The van der Waals surface area contributed by atoms with Gasteiger partial charge in [0.05, 0.1) is 0 Å². The first-order chi connectivity index (χ1) is 8.37. The molecular formula is C14H17BrO3. The maximum atomic E-state index is 12.2. The van der Waals surface area contributed by atoms with Gasteiger partial charge in [-0.25, -0.2) is 0 Å². The van der Waals surface area contributed by atoms with Crippen molar-refractivity contribution in [2.45, 2.75) is 27.2 Å². The van der Waals surface area contributed by atoms with Crippen LogP contribution in [0, 0.1) is 5.41 Å². The van der Waals surface area contributed by atoms with Crippen LogP contribution in [0.1, 0.15) is 37.6 Å². The fourth-order valence-corrected chi connectivity index (χ4v) is 2.40. The zero-order valence-corrected chi connectivity index (χ0v) is 12.5. The van der Waals surface area contributed by atoms with Gasteiger partial charge < -0.3 is 9.47 Å². The molecular weight excluding hydrogens is 296 g/mol. The summed E-state index contributed by atoms with van der Waals surface area (Å²) in [4.78, 5) is 12.2. The molecule has 4 heteroatoms. The maximum absolute atomic E-state index is 12.2. The second-order valence-corrected chi connectivity index (χ2v) is 6.49. The second kappa shape index (κ2) is 4.92. The van der Waals surface area contributed by atoms with Crippen molar-refractivity contribution in [3.8, 4) is 11.5 Å². The standard InChI is InChI=1S/C14H17BrO3/c1-14(2,3)8-11(16)9-6-12-13(7-10(9)15)18-5-4-17-12/h6-7H,4-5,8H2,1-3H3. The van der Waals surface area contributed by atoms with Gasteiger partial charge in [-0.15, -0.1) is 0 Å². The van der Waals surface area contributed by atoms with E-state index in [9.17, 15) is 4.79 Å². The third-order valence-corrected chi connectivity index (χ3v) is 3.28. The number of hydrogen-bond donors (Lipinski definition) is 0. The van der Waals surface area contributed by atoms with Gasteiger partial charge in [0, 0.05) is 16.5 Å². The van der Waals surface area contributed by atoms with Gasteiger partial charge in [0.15, 0.2) is 17.3 Å². The van der Waals surface area contributed by atoms with E-state index in [0.29, 0.717) is 36.7 Å². The number of ether oxygens (including phenoxy) is 2. The quantitative estimate of drug-likeness (QED) is 0.778. The van der Waals surface area contributed by atoms with Crippen LogP contribution in [0.4, 0.5) is 0 Å². The van der Waals surface area contributed by atoms with Crippen LogP contribution in [0.25, 0.3) is 0 Å². The summed E-state index contributed by atoms with van der Waals surface area (Å²) in [5.41, 5.74) is 0.637. The average Bonchev–Trinajstić information content (AvgIpc) is 2.25. The minimum atomic E-state index is -0.0240. The lowest BCUT2D eigenvalue weighted by Crippen LogP contribution is -2.17. The van der Waals surface area contributed by atoms with E-state index in [0.717, 1.165) is 4.47 Å². The fraction of sp³-hybridized carbons (Fsp3) is 0.500. The Morgan fingerprint density at radius 1 is 1.22 bits per heavy atom. The van der Waals surface area contributed by atoms with Gasteiger partial charge in [-0.3, -0.25) is 4.79 Å². The summed E-state index contributed by atoms with van der Waals surface area (Å²) in [6, 6.07) is 3.58. The fourth-order valence-electron chi connectivity index (χ4n) is 1.85. The molecule has 0 aliphatic carbocycles. The molecule has 2 rings (SSSR count). The van der Waals surface area contributed by atoms with Crippen LogP contribution in [0.3, 0.4) is 0 Å². The van der Waals surface area contributed by atoms with E-state index >= 15 is 0 Å². The number of carbonyl (C=O) groups is 1. The van der Waals surface area contributed by atoms with Crippen LogP contribution < -0.4 is 9.47 Å². The molecule has 1 heterocycles. The summed E-state index contributed by atoms with van der Waals surface area (Å²) in [5, 5.41) is 0. The van der Waals surface area contributed by atoms with Crippen LogP contribution >= 0.6 is 15.9 Å². The van der Waals surface area contributed by atoms with Crippen molar-refractivity contribution in [1.82, 2.24) is 0 Å². The van der Waals surface area contributed by atoms with Gasteiger partial charge in [-0.1, -0.05) is 20.8 Å². The predicted octanol–water partition coefficient (Wildman–Crippen LogP) is 3.84. The molecule has 98 valence electrons. The van der Waals surface area contributed by atoms with Crippen molar-refractivity contribution in [2.75, 3.05) is 13.2 Å². The van der Waals surface area contributed by atoms with Gasteiger partial charge in [0.1, 0.15) is 13.2 Å². The van der Waals surface area contributed by atoms with Crippen molar-refractivity contribution in [3.05, 3.63) is 22.2 Å². The van der Waals surface area contributed by atoms with Crippen LogP contribution in [0.2, 0.25) is 0 Å². The van der Waals surface area contributed by atoms with Crippen LogP contribution in [0.5, 0.6) is 11.5 Å². The minimum Gasteiger partial charge on any atom is -0.486 e. The molecule has 1 aromatic rings. The Balaban J connectivity index is 2.31. The highest BCUT2D eigenvalue weighted by Crippen LogP contribution is 2.36. The largest absolute Gasteiger partial charge is 0.486 e. The molecule has 0 spiro atoms. The molecule has 0 N–H and O–H groups in total. The third kappa shape index (κ3) is 3.05. The lowest BCUT2D eigenvalue weighted by atomic mass is 9.88. The summed E-state index contributed by atoms with van der Waals surface area (Å²) < 4.78 is 11.7. The van der Waals surface area contributed by atoms with Gasteiger partial charge in [0.2, 0.25) is 0 Å². The van der Waals surface area contributed by atoms with Crippen LogP contribution in [-0.2, 0) is 0 Å². The van der Waals surface area contributed by atoms with Crippen LogP contribution in [-0.4, -0.2) is 19.0 Å². The zero-order valence-electron chi connectivity index (χ0n) is 10.9. The van der Waals surface area contributed by atoms with E-state index in [-0.39, 0.29) is 11.2 Å². The van der Waals surface area contributed by atoms with Gasteiger partial charge >= 0.3 is 0 Å². The highest BCUT2D eigenvalue weighted by Gasteiger charge is 2.22. The predicted molar refractivity (Wildman–Crippen MR) is 73.5 cm³/mol. The summed E-state index contributed by atoms with van der Waals surface area (Å²) in [5.74, 6) is 1.47. The van der Waals surface area contributed by atoms with Gasteiger partial charge in [-0.05, 0) is 33.5 Å². The summed E-state index contributed by atoms with van der Waals surface area (Å²) >= 11 is 3.43. The van der Waals surface area contributed by atoms with Crippen molar-refractivity contribution in [3.63, 3.8) is 0 Å². The molecule has 1 aromatic carbocycles. The Morgan fingerprint density at radius 3 is 2.33 bits per heavy atom. The highest BCUT2D eigenvalue weighted by molar-refractivity contribution is 9.10. The van der Waals surface area contributed by atoms with E-state index in [1.807, 2.05) is 6.07 Å². The second-order valence-electron chi connectivity index (χ2n) is 5.64. The first-order valence-corrected chi connectivity index (χ1v) is 6.78. The SMILES string of the molecule is CC(C)(C)CC(=O)c1cc2c(cc1Br)OCCO2. The van der Waals surface area contributed by atoms with E-state index in [4.69, 9.17) is 9.47 Å². The number of ketones is 1. The number of fused-ring (bicyclic) bond motifs is 1. The molecule has 0 radical (unpaired) electrons. The van der Waals surface area contributed by atoms with E-state index in [1.165, 1.54) is 0 Å². The van der Waals surface area contributed by atoms with Gasteiger partial charge in [0.25, 0.3) is 0 Å². The third-order valence-electron chi connectivity index (χ3n) is 2.62. The molecule has 0 saturated heterocycles. The average molecular weight is 313 g/mol. The Hall–Kier alpha value is -1.03. The number of halogens is 1. The first kappa shape index (κ1) is 13.4. The number of rotatable bonds is 2. The minimum absolute atomic E-state index is 0.0240. The molecule has 1 aliphatic heterocycles. The summed E-state index contributed by atoms with van der Waals surface area (Å²) in [7, 11) is 0. The van der Waals surface area contributed by atoms with E-state index < -0.39 is 0 Å². The lowest BCUT2D eigenvalue weighted by Gasteiger charge is -2.21. The zero-order chi connectivity index (χ0) is 13.3. The van der Waals surface area contributed by atoms with Crippen molar-refractivity contribution >= 4 is 21.7 Å². The summed E-state index contributed by atoms with van der Waals surface area (Å²) in [6.45, 7) is 7.24. The van der Waals surface area contributed by atoms with Crippen molar-refractivity contribution in [2.24, 2.45) is 5.41 Å². The summed E-state index contributed by atoms with van der Waals surface area (Å²) in [6.07, 6.45) is 0.505. The molecule has 0 fully saturated rings. The number of benzene rings is 1. The normalized spacial score (nSPS) is 14.4. The number of carbonyl (C=O) groups excluding carboxylic acids is 1. The molecule has 0 saturated carbocycles. The Morgan fingerprint density at radius 2 is 1.78 bits per heavy atom. The number of hydrogen-bond acceptors (Lipinski definition) is 3. The number of Topliss-reactive ketones (excluding diaryl/α,β-unsaturated/α-hetero) is 1. The highest BCUT2D eigenvalue weighted by atomic mass is 79.9. The Labute approximate surface area is 116 Å². The molecule has 18 heavy (non-hydrogen) atoms. The molecule has 3 nitrogen and oxygen atoms in total. The smallest absolute Gasteiger partial charge is 0.164 e. The van der Waals surface area contributed by atoms with Crippen LogP contribution in [0.15, 0.2) is 16.6 Å². The molecule has 0 atom stereocenters.